The SMILES string of the molecule is CCC(=O)Nc1ccc(CNc2ncnc3c2ncn3[C@@H]2O[C@H](CSCCNC(=S)Nc3ccc4c(c3)C(=O)OC43c4ccc(O)cc4Oc4cc(O)ccc43)[C@@H](O)[C@H]2O)cc1. The topological polar surface area (TPSA) is 234 Å². The van der Waals surface area contributed by atoms with E-state index in [0.717, 1.165) is 5.56 Å². The minimum atomic E-state index is -1.37. The molecule has 1 amide bonds. The van der Waals surface area contributed by atoms with Gasteiger partial charge in [0, 0.05) is 71.2 Å². The predicted octanol–water partition coefficient (Wildman–Crippen LogP) is 5.11. The van der Waals surface area contributed by atoms with Gasteiger partial charge in [-0.05, 0) is 66.3 Å². The van der Waals surface area contributed by atoms with Crippen molar-refractivity contribution >= 4 is 69.3 Å². The third-order valence-corrected chi connectivity index (χ3v) is 12.1. The molecular formula is C43H40N8O9S2. The smallest absolute Gasteiger partial charge is 0.340 e. The zero-order valence-electron chi connectivity index (χ0n) is 32.9. The number of aliphatic hydroxyl groups excluding tert-OH is 2. The van der Waals surface area contributed by atoms with Crippen molar-refractivity contribution in [1.82, 2.24) is 24.8 Å². The molecule has 5 heterocycles. The second-order valence-corrected chi connectivity index (χ2v) is 16.4. The molecule has 0 bridgehead atoms. The normalized spacial score (nSPS) is 19.2. The average Bonchev–Trinajstić information content (AvgIpc) is 3.91. The highest BCUT2D eigenvalue weighted by atomic mass is 32.2. The number of imidazole rings is 1. The van der Waals surface area contributed by atoms with E-state index in [0.29, 0.717) is 98.2 Å². The zero-order chi connectivity index (χ0) is 43.1. The zero-order valence-corrected chi connectivity index (χ0v) is 34.6. The van der Waals surface area contributed by atoms with E-state index in [1.54, 1.807) is 41.8 Å². The van der Waals surface area contributed by atoms with Gasteiger partial charge in [0.05, 0.1) is 18.0 Å². The summed E-state index contributed by atoms with van der Waals surface area (Å²) in [6, 6.07) is 21.9. The maximum atomic E-state index is 13.5. The molecule has 0 unspecified atom stereocenters. The van der Waals surface area contributed by atoms with Crippen molar-refractivity contribution < 1.29 is 44.2 Å². The summed E-state index contributed by atoms with van der Waals surface area (Å²) in [4.78, 5) is 38.4. The number of aromatic nitrogens is 4. The fourth-order valence-corrected chi connectivity index (χ4v) is 8.94. The Hall–Kier alpha value is -6.51. The third-order valence-electron chi connectivity index (χ3n) is 10.8. The lowest BCUT2D eigenvalue weighted by molar-refractivity contribution is -0.115. The number of aromatic hydroxyl groups is 2. The number of carbonyl (C=O) groups is 2. The number of phenols is 2. The number of hydrogen-bond donors (Lipinski definition) is 8. The van der Waals surface area contributed by atoms with Gasteiger partial charge in [-0.2, -0.15) is 11.8 Å². The van der Waals surface area contributed by atoms with E-state index in [9.17, 15) is 30.0 Å². The largest absolute Gasteiger partial charge is 0.508 e. The third kappa shape index (κ3) is 7.57. The first kappa shape index (κ1) is 40.9. The van der Waals surface area contributed by atoms with Crippen molar-refractivity contribution in [3.05, 3.63) is 119 Å². The maximum absolute atomic E-state index is 13.5. The highest BCUT2D eigenvalue weighted by molar-refractivity contribution is 7.99. The van der Waals surface area contributed by atoms with Crippen LogP contribution in [0.5, 0.6) is 23.0 Å². The summed E-state index contributed by atoms with van der Waals surface area (Å²) >= 11 is 7.07. The predicted molar refractivity (Wildman–Crippen MR) is 234 cm³/mol. The standard InChI is InChI=1S/C43H40N8O9S2/c1-2-34(54)49-23-5-3-22(4-6-23)18-45-38-35-39(47-20-46-38)51(21-48-35)40-37(56)36(55)33(59-40)19-62-14-13-44-42(61)50-24-7-10-28-27(15-24)41(57)60-43(28)29-11-8-25(52)16-31(29)58-32-17-26(53)9-12-30(32)43/h3-12,15-17,20-21,33,36-37,40,52-53,55-56H,2,13-14,18-19H2,1H3,(H,49,54)(H2,44,50,61)(H,45,46,47)/t33-,36-,37-,40-/m1/s1. The van der Waals surface area contributed by atoms with Crippen LogP contribution in [0.1, 0.15) is 52.2 Å². The summed E-state index contributed by atoms with van der Waals surface area (Å²) in [5, 5.41) is 55.1. The number of amides is 1. The Labute approximate surface area is 363 Å². The molecule has 1 saturated heterocycles. The van der Waals surface area contributed by atoms with Gasteiger partial charge in [0.1, 0.15) is 41.5 Å². The van der Waals surface area contributed by atoms with Crippen LogP contribution in [-0.2, 0) is 26.4 Å². The molecule has 4 aromatic carbocycles. The van der Waals surface area contributed by atoms with Gasteiger partial charge in [0.2, 0.25) is 5.91 Å². The molecule has 0 aliphatic carbocycles. The number of phenolic OH excluding ortho intramolecular Hbond substituents is 2. The van der Waals surface area contributed by atoms with Gasteiger partial charge in [-0.15, -0.1) is 0 Å². The van der Waals surface area contributed by atoms with Crippen molar-refractivity contribution in [3.63, 3.8) is 0 Å². The van der Waals surface area contributed by atoms with E-state index in [1.807, 2.05) is 24.3 Å². The first-order chi connectivity index (χ1) is 30.0. The lowest BCUT2D eigenvalue weighted by Gasteiger charge is -2.36. The minimum Gasteiger partial charge on any atom is -0.508 e. The molecule has 0 radical (unpaired) electrons. The molecule has 62 heavy (non-hydrogen) atoms. The van der Waals surface area contributed by atoms with Crippen molar-refractivity contribution in [2.24, 2.45) is 0 Å². The van der Waals surface area contributed by atoms with E-state index in [-0.39, 0.29) is 17.4 Å². The monoisotopic (exact) mass is 876 g/mol. The molecular weight excluding hydrogens is 837 g/mol. The Morgan fingerprint density at radius 3 is 2.32 bits per heavy atom. The Morgan fingerprint density at radius 2 is 1.60 bits per heavy atom. The molecule has 17 nitrogen and oxygen atoms in total. The Balaban J connectivity index is 0.781. The number of fused-ring (bicyclic) bond motifs is 7. The number of ether oxygens (including phenoxy) is 3. The highest BCUT2D eigenvalue weighted by Crippen LogP contribution is 2.57. The Morgan fingerprint density at radius 1 is 0.887 bits per heavy atom. The van der Waals surface area contributed by atoms with E-state index >= 15 is 0 Å². The van der Waals surface area contributed by atoms with E-state index in [4.69, 9.17) is 26.4 Å². The summed E-state index contributed by atoms with van der Waals surface area (Å²) in [7, 11) is 0. The van der Waals surface area contributed by atoms with E-state index < -0.39 is 36.1 Å². The van der Waals surface area contributed by atoms with Crippen LogP contribution in [0.2, 0.25) is 0 Å². The quantitative estimate of drug-likeness (QED) is 0.0454. The van der Waals surface area contributed by atoms with Crippen LogP contribution < -0.4 is 26.0 Å². The molecule has 4 atom stereocenters. The summed E-state index contributed by atoms with van der Waals surface area (Å²) in [6.45, 7) is 2.70. The van der Waals surface area contributed by atoms with Gasteiger partial charge >= 0.3 is 5.97 Å². The van der Waals surface area contributed by atoms with Gasteiger partial charge in [0.25, 0.3) is 0 Å². The molecule has 8 N–H and O–H groups in total. The number of hydrogen-bond acceptors (Lipinski definition) is 15. The Bertz CT molecular complexity index is 2670. The number of benzene rings is 4. The molecule has 6 aromatic rings. The van der Waals surface area contributed by atoms with Crippen LogP contribution in [-0.4, -0.2) is 93.3 Å². The Kier molecular flexibility index (Phi) is 11.0. The molecule has 0 saturated carbocycles. The van der Waals surface area contributed by atoms with Crippen molar-refractivity contribution in [1.29, 1.82) is 0 Å². The number of anilines is 3. The van der Waals surface area contributed by atoms with Crippen molar-refractivity contribution in [2.45, 2.75) is 50.0 Å². The van der Waals surface area contributed by atoms with Gasteiger partial charge in [0.15, 0.2) is 33.9 Å². The van der Waals surface area contributed by atoms with E-state index in [2.05, 4.69) is 36.2 Å². The lowest BCUT2D eigenvalue weighted by atomic mass is 9.77. The fourth-order valence-electron chi connectivity index (χ4n) is 7.80. The van der Waals surface area contributed by atoms with Crippen molar-refractivity contribution in [2.75, 3.05) is 34.0 Å². The van der Waals surface area contributed by atoms with Crippen LogP contribution in [0.3, 0.4) is 0 Å². The first-order valence-electron chi connectivity index (χ1n) is 19.7. The summed E-state index contributed by atoms with van der Waals surface area (Å²) in [5.41, 5.74) is 3.70. The second-order valence-electron chi connectivity index (χ2n) is 14.8. The summed E-state index contributed by atoms with van der Waals surface area (Å²) in [5.74, 6) is 1.37. The molecule has 2 aromatic heterocycles. The van der Waals surface area contributed by atoms with Gasteiger partial charge in [-0.1, -0.05) is 25.1 Å². The van der Waals surface area contributed by atoms with Gasteiger partial charge in [-0.25, -0.2) is 19.7 Å². The number of nitrogens with zero attached hydrogens (tertiary/aromatic N) is 4. The average molecular weight is 877 g/mol. The van der Waals surface area contributed by atoms with Crippen LogP contribution in [0, 0.1) is 0 Å². The van der Waals surface area contributed by atoms with Gasteiger partial charge in [-0.3, -0.25) is 9.36 Å². The fraction of sp³-hybridized carbons (Fsp3) is 0.256. The number of carbonyl (C=O) groups excluding carboxylic acids is 2. The van der Waals surface area contributed by atoms with Crippen LogP contribution in [0.25, 0.3) is 11.2 Å². The molecule has 3 aliphatic heterocycles. The number of esters is 1. The molecule has 1 fully saturated rings. The van der Waals surface area contributed by atoms with Crippen LogP contribution in [0.4, 0.5) is 17.2 Å². The van der Waals surface area contributed by atoms with Crippen LogP contribution >= 0.6 is 24.0 Å². The first-order valence-corrected chi connectivity index (χ1v) is 21.3. The highest BCUT2D eigenvalue weighted by Gasteiger charge is 2.54. The molecule has 9 rings (SSSR count). The minimum absolute atomic E-state index is 0.0287. The number of thiocarbonyl (C=S) groups is 1. The number of thioether (sulfide) groups is 1. The van der Waals surface area contributed by atoms with Crippen LogP contribution in [0.15, 0.2) is 91.5 Å². The number of aliphatic hydroxyl groups is 2. The second kappa shape index (κ2) is 16.7. The number of nitrogens with one attached hydrogen (secondary N) is 4. The number of rotatable bonds is 12. The maximum Gasteiger partial charge on any atom is 0.340 e. The van der Waals surface area contributed by atoms with E-state index in [1.165, 1.54) is 48.7 Å². The summed E-state index contributed by atoms with van der Waals surface area (Å²) < 4.78 is 19.9. The lowest BCUT2D eigenvalue weighted by Crippen LogP contribution is -2.33. The summed E-state index contributed by atoms with van der Waals surface area (Å²) in [6.07, 6.45) is -0.694. The molecule has 1 spiro atoms. The van der Waals surface area contributed by atoms with Crippen molar-refractivity contribution in [3.8, 4) is 23.0 Å². The molecule has 19 heteroatoms. The van der Waals surface area contributed by atoms with Gasteiger partial charge < -0.3 is 55.9 Å². The molecule has 3 aliphatic rings. The molecule has 318 valence electrons.